The number of hydrogen-bond acceptors (Lipinski definition) is 4. The normalized spacial score (nSPS) is 10.9. The number of pyridine rings is 1. The molecular formula is C25H25ClF3N4P. The standard InChI is InChI=1S/C23H19ClF3N4P.C2H6/c1-12-20(24)22(28-9-13-5-4-6-17(25)21(13)27)16-7-15(18(26)8-19(16)31-12)14-10-29-23(30-11-14)32(2)3;1-2/h4-8,10-11H,9H2,1-3H3,(H,28,31);1-2H3. The molecule has 0 aliphatic rings. The van der Waals surface area contributed by atoms with Gasteiger partial charge in [-0.05, 0) is 40.3 Å². The van der Waals surface area contributed by atoms with Crippen molar-refractivity contribution in [1.82, 2.24) is 15.0 Å². The zero-order valence-corrected chi connectivity index (χ0v) is 21.2. The summed E-state index contributed by atoms with van der Waals surface area (Å²) in [6.07, 6.45) is 3.18. The van der Waals surface area contributed by atoms with Gasteiger partial charge in [0.05, 0.1) is 21.9 Å². The van der Waals surface area contributed by atoms with Crippen LogP contribution in [-0.4, -0.2) is 28.3 Å². The summed E-state index contributed by atoms with van der Waals surface area (Å²) in [7, 11) is -0.469. The third kappa shape index (κ3) is 5.31. The summed E-state index contributed by atoms with van der Waals surface area (Å²) < 4.78 is 42.6. The molecule has 0 amide bonds. The van der Waals surface area contributed by atoms with E-state index in [2.05, 4.69) is 20.3 Å². The first-order valence-electron chi connectivity index (χ1n) is 10.7. The van der Waals surface area contributed by atoms with Gasteiger partial charge in [0.1, 0.15) is 11.4 Å². The lowest BCUT2D eigenvalue weighted by atomic mass is 10.0. The lowest BCUT2D eigenvalue weighted by Crippen LogP contribution is -2.09. The maximum absolute atomic E-state index is 14.9. The van der Waals surface area contributed by atoms with Gasteiger partial charge in [-0.25, -0.2) is 23.1 Å². The second kappa shape index (κ2) is 11.1. The first kappa shape index (κ1) is 25.9. The second-order valence-electron chi connectivity index (χ2n) is 7.47. The Balaban J connectivity index is 0.00000158. The average Bonchev–Trinajstić information content (AvgIpc) is 2.83. The third-order valence-corrected chi connectivity index (χ3v) is 6.51. The molecule has 4 rings (SSSR count). The van der Waals surface area contributed by atoms with Crippen LogP contribution in [0.1, 0.15) is 25.1 Å². The lowest BCUT2D eigenvalue weighted by molar-refractivity contribution is 0.500. The summed E-state index contributed by atoms with van der Waals surface area (Å²) >= 11 is 6.49. The van der Waals surface area contributed by atoms with Crippen LogP contribution in [0.4, 0.5) is 18.9 Å². The molecule has 0 aliphatic heterocycles. The van der Waals surface area contributed by atoms with Gasteiger partial charge in [-0.15, -0.1) is 0 Å². The number of nitrogens with one attached hydrogen (secondary N) is 1. The van der Waals surface area contributed by atoms with E-state index in [1.54, 1.807) is 25.4 Å². The molecule has 0 fully saturated rings. The molecule has 2 aromatic heterocycles. The molecule has 34 heavy (non-hydrogen) atoms. The number of fused-ring (bicyclic) bond motifs is 1. The Morgan fingerprint density at radius 1 is 1.00 bits per heavy atom. The summed E-state index contributed by atoms with van der Waals surface area (Å²) in [5, 5.41) is 3.94. The maximum Gasteiger partial charge on any atom is 0.163 e. The van der Waals surface area contributed by atoms with Gasteiger partial charge in [0.15, 0.2) is 11.6 Å². The number of anilines is 1. The van der Waals surface area contributed by atoms with E-state index < -0.39 is 25.4 Å². The largest absolute Gasteiger partial charge is 0.379 e. The summed E-state index contributed by atoms with van der Waals surface area (Å²) in [4.78, 5) is 13.1. The summed E-state index contributed by atoms with van der Waals surface area (Å²) in [5.41, 5.74) is 3.02. The SMILES string of the molecule is CC.Cc1nc2cc(F)c(-c3cnc(P(C)C)nc3)cc2c(NCc2cccc(F)c2F)c1Cl. The van der Waals surface area contributed by atoms with E-state index in [1.165, 1.54) is 18.2 Å². The van der Waals surface area contributed by atoms with Crippen LogP contribution >= 0.6 is 19.5 Å². The van der Waals surface area contributed by atoms with Crippen LogP contribution in [0.3, 0.4) is 0 Å². The minimum absolute atomic E-state index is 0.0110. The zero-order valence-electron chi connectivity index (χ0n) is 19.5. The molecule has 0 radical (unpaired) electrons. The highest BCUT2D eigenvalue weighted by Crippen LogP contribution is 2.36. The average molecular weight is 505 g/mol. The van der Waals surface area contributed by atoms with Crippen molar-refractivity contribution in [3.8, 4) is 11.1 Å². The molecule has 0 aliphatic carbocycles. The monoisotopic (exact) mass is 504 g/mol. The van der Waals surface area contributed by atoms with Crippen molar-refractivity contribution in [3.05, 3.63) is 76.5 Å². The fourth-order valence-corrected chi connectivity index (χ4v) is 4.13. The van der Waals surface area contributed by atoms with Crippen molar-refractivity contribution < 1.29 is 13.2 Å². The highest BCUT2D eigenvalue weighted by Gasteiger charge is 2.17. The third-order valence-electron chi connectivity index (χ3n) is 5.02. The molecule has 1 N–H and O–H groups in total. The van der Waals surface area contributed by atoms with Crippen LogP contribution in [0.5, 0.6) is 0 Å². The Hall–Kier alpha value is -2.76. The molecule has 0 spiro atoms. The van der Waals surface area contributed by atoms with Crippen molar-refractivity contribution in [2.24, 2.45) is 0 Å². The van der Waals surface area contributed by atoms with Crippen LogP contribution in [0, 0.1) is 24.4 Å². The fourth-order valence-electron chi connectivity index (χ4n) is 3.34. The molecule has 0 unspecified atom stereocenters. The van der Waals surface area contributed by atoms with Gasteiger partial charge in [-0.1, -0.05) is 37.6 Å². The maximum atomic E-state index is 14.9. The number of hydrogen-bond donors (Lipinski definition) is 1. The molecule has 0 atom stereocenters. The van der Waals surface area contributed by atoms with Gasteiger partial charge in [0, 0.05) is 47.1 Å². The van der Waals surface area contributed by atoms with Crippen LogP contribution in [0.15, 0.2) is 42.7 Å². The molecule has 0 saturated carbocycles. The van der Waals surface area contributed by atoms with Gasteiger partial charge in [-0.3, -0.25) is 4.98 Å². The molecule has 4 nitrogen and oxygen atoms in total. The molecule has 2 heterocycles. The van der Waals surface area contributed by atoms with E-state index in [9.17, 15) is 13.2 Å². The number of aryl methyl sites for hydroxylation is 1. The van der Waals surface area contributed by atoms with Gasteiger partial charge >= 0.3 is 0 Å². The van der Waals surface area contributed by atoms with Gasteiger partial charge in [0.25, 0.3) is 0 Å². The number of benzene rings is 2. The number of rotatable bonds is 5. The summed E-state index contributed by atoms with van der Waals surface area (Å²) in [6, 6.07) is 6.91. The topological polar surface area (TPSA) is 50.7 Å². The van der Waals surface area contributed by atoms with Crippen LogP contribution < -0.4 is 10.9 Å². The molecule has 0 bridgehead atoms. The second-order valence-corrected chi connectivity index (χ2v) is 10.0. The molecule has 178 valence electrons. The fraction of sp³-hybridized carbons (Fsp3) is 0.240. The van der Waals surface area contributed by atoms with Gasteiger partial charge < -0.3 is 5.32 Å². The highest BCUT2D eigenvalue weighted by atomic mass is 35.5. The Bertz CT molecular complexity index is 1310. The van der Waals surface area contributed by atoms with E-state index >= 15 is 0 Å². The minimum Gasteiger partial charge on any atom is -0.379 e. The molecule has 2 aromatic carbocycles. The number of nitrogens with zero attached hydrogens (tertiary/aromatic N) is 3. The first-order valence-corrected chi connectivity index (χ1v) is 13.3. The predicted octanol–water partition coefficient (Wildman–Crippen LogP) is 7.08. The highest BCUT2D eigenvalue weighted by molar-refractivity contribution is 7.63. The molecule has 0 saturated heterocycles. The number of aromatic nitrogens is 3. The van der Waals surface area contributed by atoms with Crippen LogP contribution in [-0.2, 0) is 6.54 Å². The predicted molar refractivity (Wildman–Crippen MR) is 136 cm³/mol. The van der Waals surface area contributed by atoms with Crippen molar-refractivity contribution in [1.29, 1.82) is 0 Å². The molecular weight excluding hydrogens is 480 g/mol. The van der Waals surface area contributed by atoms with Gasteiger partial charge in [-0.2, -0.15) is 0 Å². The molecule has 9 heteroatoms. The summed E-state index contributed by atoms with van der Waals surface area (Å²) in [5.74, 6) is -2.33. The van der Waals surface area contributed by atoms with Crippen LogP contribution in [0.25, 0.3) is 22.0 Å². The van der Waals surface area contributed by atoms with Crippen molar-refractivity contribution in [3.63, 3.8) is 0 Å². The lowest BCUT2D eigenvalue weighted by Gasteiger charge is -2.15. The first-order chi connectivity index (χ1) is 16.3. The Kier molecular flexibility index (Phi) is 8.45. The smallest absolute Gasteiger partial charge is 0.163 e. The van der Waals surface area contributed by atoms with E-state index in [4.69, 9.17) is 11.6 Å². The van der Waals surface area contributed by atoms with Crippen LogP contribution in [0.2, 0.25) is 5.02 Å². The van der Waals surface area contributed by atoms with E-state index in [-0.39, 0.29) is 12.1 Å². The minimum atomic E-state index is -0.929. The zero-order chi connectivity index (χ0) is 25.0. The quantitative estimate of drug-likeness (QED) is 0.295. The Labute approximate surface area is 203 Å². The van der Waals surface area contributed by atoms with E-state index in [0.717, 1.165) is 11.6 Å². The summed E-state index contributed by atoms with van der Waals surface area (Å²) in [6.45, 7) is 9.76. The number of halogens is 4. The van der Waals surface area contributed by atoms with Gasteiger partial charge in [0.2, 0.25) is 0 Å². The van der Waals surface area contributed by atoms with Crippen molar-refractivity contribution in [2.75, 3.05) is 18.6 Å². The Morgan fingerprint density at radius 3 is 2.32 bits per heavy atom. The molecule has 4 aromatic rings. The van der Waals surface area contributed by atoms with Crippen molar-refractivity contribution in [2.45, 2.75) is 27.3 Å². The Morgan fingerprint density at radius 2 is 1.68 bits per heavy atom. The van der Waals surface area contributed by atoms with Crippen molar-refractivity contribution >= 4 is 41.7 Å². The van der Waals surface area contributed by atoms with E-state index in [1.807, 2.05) is 27.2 Å². The van der Waals surface area contributed by atoms with E-state index in [0.29, 0.717) is 38.4 Å².